The third kappa shape index (κ3) is 2.31. The van der Waals surface area contributed by atoms with Crippen LogP contribution in [-0.2, 0) is 6.42 Å². The Balaban J connectivity index is 2.14. The molecule has 2 aromatic rings. The molecule has 0 amide bonds. The maximum absolute atomic E-state index is 12.7. The van der Waals surface area contributed by atoms with Crippen LogP contribution in [0.3, 0.4) is 0 Å². The molecule has 0 spiro atoms. The number of carbonyl (C=O) groups is 1. The van der Waals surface area contributed by atoms with Gasteiger partial charge in [-0.05, 0) is 17.7 Å². The zero-order valence-electron chi connectivity index (χ0n) is 8.70. The van der Waals surface area contributed by atoms with Gasteiger partial charge < -0.3 is 0 Å². The average Bonchev–Trinajstić information content (AvgIpc) is 2.70. The minimum atomic E-state index is -0.272. The quantitative estimate of drug-likeness (QED) is 0.800. The fourth-order valence-corrected chi connectivity index (χ4v) is 1.33. The van der Waals surface area contributed by atoms with Gasteiger partial charge in [-0.25, -0.2) is 9.37 Å². The van der Waals surface area contributed by atoms with Gasteiger partial charge in [0.25, 0.3) is 0 Å². The van der Waals surface area contributed by atoms with Crippen LogP contribution in [0.2, 0.25) is 0 Å². The molecule has 0 aliphatic carbocycles. The molecule has 4 nitrogen and oxygen atoms in total. The molecule has 0 atom stereocenters. The SMILES string of the molecule is CC(=O)c1n[nH]c(Cc2ccc(F)cc2)n1. The van der Waals surface area contributed by atoms with E-state index in [-0.39, 0.29) is 17.4 Å². The number of hydrogen-bond acceptors (Lipinski definition) is 3. The van der Waals surface area contributed by atoms with Gasteiger partial charge in [0, 0.05) is 13.3 Å². The summed E-state index contributed by atoms with van der Waals surface area (Å²) in [5, 5.41) is 6.44. The molecule has 0 fully saturated rings. The lowest BCUT2D eigenvalue weighted by atomic mass is 10.1. The van der Waals surface area contributed by atoms with Crippen LogP contribution in [0, 0.1) is 5.82 Å². The van der Waals surface area contributed by atoms with Gasteiger partial charge in [-0.3, -0.25) is 9.89 Å². The van der Waals surface area contributed by atoms with E-state index < -0.39 is 0 Å². The molecular formula is C11H10FN3O. The first-order chi connectivity index (χ1) is 7.65. The standard InChI is InChI=1S/C11H10FN3O/c1-7(16)11-13-10(14-15-11)6-8-2-4-9(12)5-3-8/h2-5H,6H2,1H3,(H,13,14,15). The number of nitrogens with one attached hydrogen (secondary N) is 1. The summed E-state index contributed by atoms with van der Waals surface area (Å²) in [5.74, 6) is 0.321. The predicted octanol–water partition coefficient (Wildman–Crippen LogP) is 1.74. The van der Waals surface area contributed by atoms with E-state index in [4.69, 9.17) is 0 Å². The molecule has 2 rings (SSSR count). The number of ketones is 1. The van der Waals surface area contributed by atoms with Gasteiger partial charge >= 0.3 is 0 Å². The van der Waals surface area contributed by atoms with Crippen molar-refractivity contribution < 1.29 is 9.18 Å². The molecule has 5 heteroatoms. The minimum absolute atomic E-state index is 0.178. The van der Waals surface area contributed by atoms with Crippen LogP contribution in [-0.4, -0.2) is 21.0 Å². The highest BCUT2D eigenvalue weighted by atomic mass is 19.1. The second-order valence-electron chi connectivity index (χ2n) is 3.47. The number of halogens is 1. The highest BCUT2D eigenvalue weighted by molar-refractivity contribution is 5.90. The van der Waals surface area contributed by atoms with Crippen molar-refractivity contribution in [3.8, 4) is 0 Å². The smallest absolute Gasteiger partial charge is 0.216 e. The molecule has 0 bridgehead atoms. The maximum Gasteiger partial charge on any atom is 0.216 e. The number of hydrogen-bond donors (Lipinski definition) is 1. The molecule has 0 saturated carbocycles. The van der Waals surface area contributed by atoms with Crippen molar-refractivity contribution in [2.24, 2.45) is 0 Å². The van der Waals surface area contributed by atoms with Crippen molar-refractivity contribution in [3.05, 3.63) is 47.3 Å². The van der Waals surface area contributed by atoms with Crippen molar-refractivity contribution in [2.45, 2.75) is 13.3 Å². The number of Topliss-reactive ketones (excluding diaryl/α,β-unsaturated/α-hetero) is 1. The number of aromatic amines is 1. The Morgan fingerprint density at radius 2 is 2.06 bits per heavy atom. The number of H-pyrrole nitrogens is 1. The van der Waals surface area contributed by atoms with E-state index >= 15 is 0 Å². The molecule has 1 aromatic carbocycles. The van der Waals surface area contributed by atoms with E-state index in [1.54, 1.807) is 12.1 Å². The van der Waals surface area contributed by atoms with Crippen molar-refractivity contribution in [3.63, 3.8) is 0 Å². The molecule has 0 aliphatic rings. The third-order valence-corrected chi connectivity index (χ3v) is 2.13. The monoisotopic (exact) mass is 219 g/mol. The van der Waals surface area contributed by atoms with E-state index in [1.165, 1.54) is 19.1 Å². The summed E-state index contributed by atoms with van der Waals surface area (Å²) in [6.07, 6.45) is 0.501. The molecule has 0 radical (unpaired) electrons. The van der Waals surface area contributed by atoms with Crippen LogP contribution in [0.4, 0.5) is 4.39 Å². The van der Waals surface area contributed by atoms with Crippen LogP contribution in [0.15, 0.2) is 24.3 Å². The van der Waals surface area contributed by atoms with Gasteiger partial charge in [-0.15, -0.1) is 0 Å². The molecule has 82 valence electrons. The van der Waals surface area contributed by atoms with Crippen LogP contribution in [0.1, 0.15) is 28.9 Å². The fourth-order valence-electron chi connectivity index (χ4n) is 1.33. The summed E-state index contributed by atoms with van der Waals surface area (Å²) in [6, 6.07) is 6.12. The highest BCUT2D eigenvalue weighted by Crippen LogP contribution is 2.07. The first kappa shape index (κ1) is 10.5. The summed E-state index contributed by atoms with van der Waals surface area (Å²) >= 11 is 0. The topological polar surface area (TPSA) is 58.6 Å². The van der Waals surface area contributed by atoms with E-state index in [0.717, 1.165) is 5.56 Å². The van der Waals surface area contributed by atoms with E-state index in [9.17, 15) is 9.18 Å². The van der Waals surface area contributed by atoms with Gasteiger partial charge in [0.2, 0.25) is 5.82 Å². The largest absolute Gasteiger partial charge is 0.291 e. The zero-order valence-corrected chi connectivity index (χ0v) is 8.70. The van der Waals surface area contributed by atoms with Gasteiger partial charge in [0.1, 0.15) is 11.6 Å². The second-order valence-corrected chi connectivity index (χ2v) is 3.47. The Morgan fingerprint density at radius 1 is 1.38 bits per heavy atom. The Hall–Kier alpha value is -2.04. The van der Waals surface area contributed by atoms with Gasteiger partial charge in [0.15, 0.2) is 5.78 Å². The van der Waals surface area contributed by atoms with Crippen molar-refractivity contribution in [1.82, 2.24) is 15.2 Å². The Labute approximate surface area is 91.5 Å². The summed E-state index contributed by atoms with van der Waals surface area (Å²) in [4.78, 5) is 15.0. The Kier molecular flexibility index (Phi) is 2.76. The first-order valence-electron chi connectivity index (χ1n) is 4.82. The summed E-state index contributed by atoms with van der Waals surface area (Å²) < 4.78 is 12.7. The Bertz CT molecular complexity index is 504. The third-order valence-electron chi connectivity index (χ3n) is 2.13. The number of aromatic nitrogens is 3. The summed E-state index contributed by atoms with van der Waals surface area (Å²) in [7, 11) is 0. The van der Waals surface area contributed by atoms with Gasteiger partial charge in [0.05, 0.1) is 0 Å². The van der Waals surface area contributed by atoms with Crippen molar-refractivity contribution in [1.29, 1.82) is 0 Å². The maximum atomic E-state index is 12.7. The number of nitrogens with zero attached hydrogens (tertiary/aromatic N) is 2. The predicted molar refractivity (Wildman–Crippen MR) is 55.6 cm³/mol. The first-order valence-corrected chi connectivity index (χ1v) is 4.82. The lowest BCUT2D eigenvalue weighted by molar-refractivity contribution is 0.100. The number of rotatable bonds is 3. The van der Waals surface area contributed by atoms with Crippen LogP contribution < -0.4 is 0 Å². The molecule has 1 aromatic heterocycles. The molecule has 0 saturated heterocycles. The fraction of sp³-hybridized carbons (Fsp3) is 0.182. The lowest BCUT2D eigenvalue weighted by Gasteiger charge is -1.96. The molecule has 1 heterocycles. The van der Waals surface area contributed by atoms with Crippen molar-refractivity contribution in [2.75, 3.05) is 0 Å². The molecule has 16 heavy (non-hydrogen) atoms. The Morgan fingerprint density at radius 3 is 2.62 bits per heavy atom. The second kappa shape index (κ2) is 4.22. The average molecular weight is 219 g/mol. The summed E-state index contributed by atoms with van der Waals surface area (Å²) in [5.41, 5.74) is 0.910. The lowest BCUT2D eigenvalue weighted by Crippen LogP contribution is -1.95. The van der Waals surface area contributed by atoms with Crippen LogP contribution in [0.5, 0.6) is 0 Å². The van der Waals surface area contributed by atoms with E-state index in [2.05, 4.69) is 15.2 Å². The molecular weight excluding hydrogens is 209 g/mol. The van der Waals surface area contributed by atoms with Gasteiger partial charge in [-0.2, -0.15) is 5.10 Å². The summed E-state index contributed by atoms with van der Waals surface area (Å²) in [6.45, 7) is 1.41. The van der Waals surface area contributed by atoms with E-state index in [0.29, 0.717) is 12.2 Å². The van der Waals surface area contributed by atoms with Crippen molar-refractivity contribution >= 4 is 5.78 Å². The molecule has 0 unspecified atom stereocenters. The zero-order chi connectivity index (χ0) is 11.5. The number of carbonyl (C=O) groups excluding carboxylic acids is 1. The molecule has 1 N–H and O–H groups in total. The number of benzene rings is 1. The minimum Gasteiger partial charge on any atom is -0.291 e. The van der Waals surface area contributed by atoms with E-state index in [1.807, 2.05) is 0 Å². The van der Waals surface area contributed by atoms with Crippen LogP contribution in [0.25, 0.3) is 0 Å². The van der Waals surface area contributed by atoms with Crippen LogP contribution >= 0.6 is 0 Å². The van der Waals surface area contributed by atoms with Gasteiger partial charge in [-0.1, -0.05) is 12.1 Å². The highest BCUT2D eigenvalue weighted by Gasteiger charge is 2.07. The molecule has 0 aliphatic heterocycles. The normalized spacial score (nSPS) is 10.4.